The molecule has 82 valence electrons. The Bertz CT molecular complexity index is 188. The molecule has 3 nitrogen and oxygen atoms in total. The fourth-order valence-corrected chi connectivity index (χ4v) is 2.01. The summed E-state index contributed by atoms with van der Waals surface area (Å²) in [5.41, 5.74) is 0. The van der Waals surface area contributed by atoms with E-state index in [1.54, 1.807) is 0 Å². The molecule has 0 aromatic carbocycles. The number of ketones is 1. The van der Waals surface area contributed by atoms with E-state index in [0.29, 0.717) is 24.7 Å². The van der Waals surface area contributed by atoms with Crippen molar-refractivity contribution in [1.29, 1.82) is 0 Å². The summed E-state index contributed by atoms with van der Waals surface area (Å²) in [6.45, 7) is 3.55. The number of aliphatic hydroxyl groups excluding tert-OH is 1. The molecule has 0 atom stereocenters. The first-order valence-electron chi connectivity index (χ1n) is 5.50. The summed E-state index contributed by atoms with van der Waals surface area (Å²) in [4.78, 5) is 13.4. The van der Waals surface area contributed by atoms with E-state index in [4.69, 9.17) is 5.11 Å². The van der Waals surface area contributed by atoms with Gasteiger partial charge in [0.15, 0.2) is 0 Å². The third-order valence-electron chi connectivity index (χ3n) is 2.76. The van der Waals surface area contributed by atoms with Gasteiger partial charge in [-0.25, -0.2) is 0 Å². The number of nitrogens with zero attached hydrogens (tertiary/aromatic N) is 1. The van der Waals surface area contributed by atoms with Crippen LogP contribution in [-0.2, 0) is 4.79 Å². The number of carbonyl (C=O) groups is 1. The van der Waals surface area contributed by atoms with Crippen molar-refractivity contribution in [3.05, 3.63) is 0 Å². The average Bonchev–Trinajstić information content (AvgIpc) is 2.01. The molecular weight excluding hydrogens is 178 g/mol. The van der Waals surface area contributed by atoms with Crippen LogP contribution < -0.4 is 0 Å². The minimum absolute atomic E-state index is 0.0836. The molecule has 0 heterocycles. The zero-order valence-corrected chi connectivity index (χ0v) is 9.20. The number of hydrogen-bond donors (Lipinski definition) is 1. The second-order valence-electron chi connectivity index (χ2n) is 4.48. The molecule has 1 fully saturated rings. The number of likely N-dealkylation sites (N-methyl/N-ethyl adjacent to an activating group) is 1. The maximum Gasteiger partial charge on any atom is 0.146 e. The van der Waals surface area contributed by atoms with Gasteiger partial charge in [-0.2, -0.15) is 0 Å². The third-order valence-corrected chi connectivity index (χ3v) is 2.76. The monoisotopic (exact) mass is 199 g/mol. The van der Waals surface area contributed by atoms with Gasteiger partial charge in [-0.1, -0.05) is 6.92 Å². The molecule has 1 rings (SSSR count). The Hall–Kier alpha value is -0.410. The van der Waals surface area contributed by atoms with Gasteiger partial charge in [-0.05, 0) is 32.2 Å². The van der Waals surface area contributed by atoms with Crippen molar-refractivity contribution in [2.45, 2.75) is 38.7 Å². The first-order valence-corrected chi connectivity index (χ1v) is 5.50. The number of carbonyl (C=O) groups excluding carboxylic acids is 1. The van der Waals surface area contributed by atoms with E-state index in [0.717, 1.165) is 25.8 Å². The SMILES string of the molecule is CCCC(=O)CN(C)CC1CC(O)C1. The summed E-state index contributed by atoms with van der Waals surface area (Å²) in [6.07, 6.45) is 3.37. The Morgan fingerprint density at radius 1 is 1.50 bits per heavy atom. The molecule has 0 saturated heterocycles. The van der Waals surface area contributed by atoms with Crippen LogP contribution in [0.4, 0.5) is 0 Å². The molecule has 14 heavy (non-hydrogen) atoms. The van der Waals surface area contributed by atoms with Gasteiger partial charge in [-0.15, -0.1) is 0 Å². The highest BCUT2D eigenvalue weighted by Crippen LogP contribution is 2.27. The lowest BCUT2D eigenvalue weighted by Gasteiger charge is -2.34. The molecule has 0 spiro atoms. The molecule has 0 aliphatic heterocycles. The van der Waals surface area contributed by atoms with Gasteiger partial charge >= 0.3 is 0 Å². The summed E-state index contributed by atoms with van der Waals surface area (Å²) in [7, 11) is 1.98. The second-order valence-corrected chi connectivity index (χ2v) is 4.48. The highest BCUT2D eigenvalue weighted by Gasteiger charge is 2.27. The highest BCUT2D eigenvalue weighted by molar-refractivity contribution is 5.80. The van der Waals surface area contributed by atoms with Crippen LogP contribution in [0.5, 0.6) is 0 Å². The van der Waals surface area contributed by atoms with Crippen LogP contribution in [-0.4, -0.2) is 42.0 Å². The van der Waals surface area contributed by atoms with Crippen LogP contribution in [0.15, 0.2) is 0 Å². The first kappa shape index (κ1) is 11.7. The van der Waals surface area contributed by atoms with E-state index >= 15 is 0 Å². The summed E-state index contributed by atoms with van der Waals surface area (Å²) in [5, 5.41) is 9.11. The second kappa shape index (κ2) is 5.47. The van der Waals surface area contributed by atoms with Crippen molar-refractivity contribution in [2.75, 3.05) is 20.1 Å². The van der Waals surface area contributed by atoms with Gasteiger partial charge in [0, 0.05) is 13.0 Å². The molecule has 1 saturated carbocycles. The largest absolute Gasteiger partial charge is 0.393 e. The maximum absolute atomic E-state index is 11.3. The van der Waals surface area contributed by atoms with Crippen molar-refractivity contribution in [1.82, 2.24) is 4.90 Å². The standard InChI is InChI=1S/C11H21NO2/c1-3-4-10(13)8-12(2)7-9-5-11(14)6-9/h9,11,14H,3-8H2,1-2H3. The predicted octanol–water partition coefficient (Wildman–Crippen LogP) is 1.06. The fraction of sp³-hybridized carbons (Fsp3) is 0.909. The van der Waals surface area contributed by atoms with Gasteiger partial charge < -0.3 is 5.11 Å². The third kappa shape index (κ3) is 3.76. The number of aliphatic hydroxyl groups is 1. The normalized spacial score (nSPS) is 26.3. The van der Waals surface area contributed by atoms with Crippen molar-refractivity contribution in [3.63, 3.8) is 0 Å². The average molecular weight is 199 g/mol. The summed E-state index contributed by atoms with van der Waals surface area (Å²) in [5.74, 6) is 0.930. The Morgan fingerprint density at radius 2 is 2.14 bits per heavy atom. The van der Waals surface area contributed by atoms with Gasteiger partial charge in [0.2, 0.25) is 0 Å². The van der Waals surface area contributed by atoms with E-state index in [9.17, 15) is 4.79 Å². The molecule has 0 bridgehead atoms. The number of hydrogen-bond acceptors (Lipinski definition) is 3. The zero-order chi connectivity index (χ0) is 10.6. The van der Waals surface area contributed by atoms with Crippen LogP contribution in [0.25, 0.3) is 0 Å². The first-order chi connectivity index (χ1) is 6.61. The van der Waals surface area contributed by atoms with E-state index in [2.05, 4.69) is 4.90 Å². The Balaban J connectivity index is 2.09. The van der Waals surface area contributed by atoms with Gasteiger partial charge in [0.05, 0.1) is 12.6 Å². The lowest BCUT2D eigenvalue weighted by Crippen LogP contribution is -2.38. The van der Waals surface area contributed by atoms with E-state index in [-0.39, 0.29) is 6.10 Å². The molecule has 1 N–H and O–H groups in total. The fourth-order valence-electron chi connectivity index (χ4n) is 2.01. The summed E-state index contributed by atoms with van der Waals surface area (Å²) < 4.78 is 0. The van der Waals surface area contributed by atoms with Gasteiger partial charge in [-0.3, -0.25) is 9.69 Å². The molecule has 0 amide bonds. The molecule has 3 heteroatoms. The quantitative estimate of drug-likeness (QED) is 0.695. The predicted molar refractivity (Wildman–Crippen MR) is 56.1 cm³/mol. The lowest BCUT2D eigenvalue weighted by molar-refractivity contribution is -0.120. The van der Waals surface area contributed by atoms with Crippen LogP contribution in [0, 0.1) is 5.92 Å². The van der Waals surface area contributed by atoms with Crippen molar-refractivity contribution >= 4 is 5.78 Å². The molecule has 1 aliphatic carbocycles. The van der Waals surface area contributed by atoms with E-state index in [1.807, 2.05) is 14.0 Å². The Kier molecular flexibility index (Phi) is 4.55. The molecule has 1 aliphatic rings. The van der Waals surface area contributed by atoms with Crippen LogP contribution >= 0.6 is 0 Å². The number of Topliss-reactive ketones (excluding diaryl/α,β-unsaturated/α-hetero) is 1. The van der Waals surface area contributed by atoms with Crippen molar-refractivity contribution in [3.8, 4) is 0 Å². The van der Waals surface area contributed by atoms with E-state index in [1.165, 1.54) is 0 Å². The van der Waals surface area contributed by atoms with Crippen LogP contribution in [0.2, 0.25) is 0 Å². The summed E-state index contributed by atoms with van der Waals surface area (Å²) in [6, 6.07) is 0. The Morgan fingerprint density at radius 3 is 2.64 bits per heavy atom. The molecule has 0 aromatic heterocycles. The highest BCUT2D eigenvalue weighted by atomic mass is 16.3. The van der Waals surface area contributed by atoms with E-state index < -0.39 is 0 Å². The topological polar surface area (TPSA) is 40.5 Å². The molecule has 0 radical (unpaired) electrons. The van der Waals surface area contributed by atoms with Crippen molar-refractivity contribution in [2.24, 2.45) is 5.92 Å². The summed E-state index contributed by atoms with van der Waals surface area (Å²) >= 11 is 0. The van der Waals surface area contributed by atoms with Crippen LogP contribution in [0.3, 0.4) is 0 Å². The van der Waals surface area contributed by atoms with Gasteiger partial charge in [0.1, 0.15) is 5.78 Å². The van der Waals surface area contributed by atoms with Gasteiger partial charge in [0.25, 0.3) is 0 Å². The van der Waals surface area contributed by atoms with Crippen LogP contribution in [0.1, 0.15) is 32.6 Å². The molecule has 0 aromatic rings. The maximum atomic E-state index is 11.3. The smallest absolute Gasteiger partial charge is 0.146 e. The minimum Gasteiger partial charge on any atom is -0.393 e. The zero-order valence-electron chi connectivity index (χ0n) is 9.20. The minimum atomic E-state index is -0.0836. The Labute approximate surface area is 86.1 Å². The van der Waals surface area contributed by atoms with Crippen molar-refractivity contribution < 1.29 is 9.90 Å². The number of rotatable bonds is 6. The molecule has 0 unspecified atom stereocenters. The lowest BCUT2D eigenvalue weighted by atomic mass is 9.82. The molecular formula is C11H21NO2.